The fourth-order valence-corrected chi connectivity index (χ4v) is 3.55. The minimum atomic E-state index is -0.252. The van der Waals surface area contributed by atoms with Gasteiger partial charge in [-0.25, -0.2) is 4.98 Å². The van der Waals surface area contributed by atoms with E-state index in [0.29, 0.717) is 29.5 Å². The molecule has 0 aliphatic carbocycles. The molecule has 2 aromatic rings. The van der Waals surface area contributed by atoms with E-state index in [1.807, 2.05) is 4.90 Å². The number of hydrogen-bond acceptors (Lipinski definition) is 5. The van der Waals surface area contributed by atoms with Crippen molar-refractivity contribution in [1.29, 1.82) is 0 Å². The summed E-state index contributed by atoms with van der Waals surface area (Å²) in [5.74, 6) is 0.855. The van der Waals surface area contributed by atoms with Gasteiger partial charge in [0.15, 0.2) is 0 Å². The van der Waals surface area contributed by atoms with E-state index in [-0.39, 0.29) is 23.9 Å². The Kier molecular flexibility index (Phi) is 5.70. The van der Waals surface area contributed by atoms with Crippen molar-refractivity contribution < 1.29 is 4.79 Å². The van der Waals surface area contributed by atoms with Gasteiger partial charge in [-0.2, -0.15) is 0 Å². The number of likely N-dealkylation sites (N-methyl/N-ethyl adjacent to an activating group) is 1. The van der Waals surface area contributed by atoms with Crippen molar-refractivity contribution in [3.63, 3.8) is 0 Å². The maximum atomic E-state index is 13.0. The number of pyridine rings is 1. The molecule has 7 heteroatoms. The lowest BCUT2D eigenvalue weighted by atomic mass is 9.98. The highest BCUT2D eigenvalue weighted by molar-refractivity contribution is 5.79. The van der Waals surface area contributed by atoms with Gasteiger partial charge < -0.3 is 14.8 Å². The first-order valence-corrected chi connectivity index (χ1v) is 9.35. The van der Waals surface area contributed by atoms with Gasteiger partial charge in [0.25, 0.3) is 5.56 Å². The molecule has 0 aromatic carbocycles. The number of nitrogens with zero attached hydrogens (tertiary/aromatic N) is 4. The number of aromatic nitrogens is 3. The summed E-state index contributed by atoms with van der Waals surface area (Å²) in [5, 5.41) is 0. The van der Waals surface area contributed by atoms with Crippen LogP contribution in [0.15, 0.2) is 29.3 Å². The highest BCUT2D eigenvalue weighted by Gasteiger charge is 2.31. The molecule has 0 spiro atoms. The standard InChI is InChI=1S/C20H27N5O2/c1-13(2)17-12-24(4)9-10-25(17)18(26)11-16-14(3)22-19(23-20(16)27)15-5-7-21-8-6-15/h5-8,13,17H,9-12H2,1-4H3,(H,22,23,27). The summed E-state index contributed by atoms with van der Waals surface area (Å²) < 4.78 is 0. The predicted octanol–water partition coefficient (Wildman–Crippen LogP) is 1.48. The largest absolute Gasteiger partial charge is 0.337 e. The van der Waals surface area contributed by atoms with Crippen LogP contribution in [0.4, 0.5) is 0 Å². The lowest BCUT2D eigenvalue weighted by molar-refractivity contribution is -0.136. The highest BCUT2D eigenvalue weighted by Crippen LogP contribution is 2.18. The summed E-state index contributed by atoms with van der Waals surface area (Å²) in [6.07, 6.45) is 3.39. The van der Waals surface area contributed by atoms with Crippen molar-refractivity contribution in [2.75, 3.05) is 26.7 Å². The molecule has 1 saturated heterocycles. The van der Waals surface area contributed by atoms with E-state index in [4.69, 9.17) is 0 Å². The minimum Gasteiger partial charge on any atom is -0.337 e. The van der Waals surface area contributed by atoms with E-state index in [2.05, 4.69) is 40.7 Å². The first-order chi connectivity index (χ1) is 12.9. The number of hydrogen-bond donors (Lipinski definition) is 1. The van der Waals surface area contributed by atoms with Crippen molar-refractivity contribution in [3.05, 3.63) is 46.1 Å². The van der Waals surface area contributed by atoms with Crippen LogP contribution in [0.25, 0.3) is 11.4 Å². The van der Waals surface area contributed by atoms with Gasteiger partial charge in [0.2, 0.25) is 5.91 Å². The van der Waals surface area contributed by atoms with E-state index in [9.17, 15) is 9.59 Å². The normalized spacial score (nSPS) is 18.1. The van der Waals surface area contributed by atoms with Crippen LogP contribution in [0.1, 0.15) is 25.1 Å². The molecule has 1 unspecified atom stereocenters. The molecular weight excluding hydrogens is 342 g/mol. The summed E-state index contributed by atoms with van der Waals surface area (Å²) in [6, 6.07) is 3.75. The molecular formula is C20H27N5O2. The molecule has 1 fully saturated rings. The molecule has 1 N–H and O–H groups in total. The van der Waals surface area contributed by atoms with Gasteiger partial charge >= 0.3 is 0 Å². The monoisotopic (exact) mass is 369 g/mol. The summed E-state index contributed by atoms with van der Waals surface area (Å²) in [6.45, 7) is 8.45. The number of rotatable bonds is 4. The number of aryl methyl sites for hydroxylation is 1. The lowest BCUT2D eigenvalue weighted by Gasteiger charge is -2.42. The van der Waals surface area contributed by atoms with Crippen molar-refractivity contribution in [2.24, 2.45) is 5.92 Å². The third-order valence-corrected chi connectivity index (χ3v) is 5.22. The Labute approximate surface area is 159 Å². The number of piperazine rings is 1. The quantitative estimate of drug-likeness (QED) is 0.883. The zero-order valence-corrected chi connectivity index (χ0v) is 16.4. The Bertz CT molecular complexity index is 862. The first kappa shape index (κ1) is 19.2. The second kappa shape index (κ2) is 8.00. The zero-order chi connectivity index (χ0) is 19.6. The Morgan fingerprint density at radius 1 is 1.30 bits per heavy atom. The van der Waals surface area contributed by atoms with Gasteiger partial charge in [-0.3, -0.25) is 14.6 Å². The zero-order valence-electron chi connectivity index (χ0n) is 16.4. The number of amides is 1. The van der Waals surface area contributed by atoms with Gasteiger partial charge in [0.1, 0.15) is 5.82 Å². The third-order valence-electron chi connectivity index (χ3n) is 5.22. The molecule has 3 rings (SSSR count). The van der Waals surface area contributed by atoms with Crippen LogP contribution in [0.2, 0.25) is 0 Å². The number of H-pyrrole nitrogens is 1. The summed E-state index contributed by atoms with van der Waals surface area (Å²) in [4.78, 5) is 41.1. The Morgan fingerprint density at radius 3 is 2.63 bits per heavy atom. The number of carbonyl (C=O) groups excluding carboxylic acids is 1. The van der Waals surface area contributed by atoms with E-state index in [1.165, 1.54) is 0 Å². The van der Waals surface area contributed by atoms with Gasteiger partial charge in [-0.1, -0.05) is 13.8 Å². The highest BCUT2D eigenvalue weighted by atomic mass is 16.2. The smallest absolute Gasteiger partial charge is 0.255 e. The molecule has 3 heterocycles. The minimum absolute atomic E-state index is 0.00568. The lowest BCUT2D eigenvalue weighted by Crippen LogP contribution is -2.56. The molecule has 0 radical (unpaired) electrons. The van der Waals surface area contributed by atoms with E-state index >= 15 is 0 Å². The van der Waals surface area contributed by atoms with Crippen LogP contribution >= 0.6 is 0 Å². The predicted molar refractivity (Wildman–Crippen MR) is 104 cm³/mol. The van der Waals surface area contributed by atoms with E-state index in [1.54, 1.807) is 31.5 Å². The maximum Gasteiger partial charge on any atom is 0.255 e. The summed E-state index contributed by atoms with van der Waals surface area (Å²) >= 11 is 0. The topological polar surface area (TPSA) is 82.2 Å². The molecule has 0 bridgehead atoms. The third kappa shape index (κ3) is 4.24. The molecule has 7 nitrogen and oxygen atoms in total. The van der Waals surface area contributed by atoms with Gasteiger partial charge in [-0.15, -0.1) is 0 Å². The first-order valence-electron chi connectivity index (χ1n) is 9.35. The van der Waals surface area contributed by atoms with Crippen molar-refractivity contribution in [2.45, 2.75) is 33.2 Å². The number of carbonyl (C=O) groups is 1. The molecule has 0 saturated carbocycles. The summed E-state index contributed by atoms with van der Waals surface area (Å²) in [5.41, 5.74) is 1.58. The van der Waals surface area contributed by atoms with Crippen LogP contribution < -0.4 is 5.56 Å². The Morgan fingerprint density at radius 2 is 2.00 bits per heavy atom. The van der Waals surface area contributed by atoms with Crippen LogP contribution in [0, 0.1) is 12.8 Å². The van der Waals surface area contributed by atoms with E-state index < -0.39 is 0 Å². The van der Waals surface area contributed by atoms with Crippen LogP contribution in [0.3, 0.4) is 0 Å². The average molecular weight is 369 g/mol. The fourth-order valence-electron chi connectivity index (χ4n) is 3.55. The van der Waals surface area contributed by atoms with Crippen molar-refractivity contribution >= 4 is 5.91 Å². The summed E-state index contributed by atoms with van der Waals surface area (Å²) in [7, 11) is 2.08. The second-order valence-electron chi connectivity index (χ2n) is 7.55. The molecule has 144 valence electrons. The molecule has 1 amide bonds. The van der Waals surface area contributed by atoms with Gasteiger partial charge in [0.05, 0.1) is 6.42 Å². The maximum absolute atomic E-state index is 13.0. The van der Waals surface area contributed by atoms with Crippen molar-refractivity contribution in [3.8, 4) is 11.4 Å². The molecule has 1 atom stereocenters. The molecule has 2 aromatic heterocycles. The Hall–Kier alpha value is -2.54. The molecule has 1 aliphatic rings. The molecule has 27 heavy (non-hydrogen) atoms. The second-order valence-corrected chi connectivity index (χ2v) is 7.55. The van der Waals surface area contributed by atoms with Crippen LogP contribution in [-0.2, 0) is 11.2 Å². The number of nitrogens with one attached hydrogen (secondary N) is 1. The van der Waals surface area contributed by atoms with Crippen LogP contribution in [-0.4, -0.2) is 63.4 Å². The number of aromatic amines is 1. The SMILES string of the molecule is Cc1nc(-c2ccncc2)[nH]c(=O)c1CC(=O)N1CCN(C)CC1C(C)C. The average Bonchev–Trinajstić information content (AvgIpc) is 2.65. The molecule has 1 aliphatic heterocycles. The Balaban J connectivity index is 1.83. The van der Waals surface area contributed by atoms with E-state index in [0.717, 1.165) is 18.7 Å². The van der Waals surface area contributed by atoms with Gasteiger partial charge in [-0.05, 0) is 32.0 Å². The fraction of sp³-hybridized carbons (Fsp3) is 0.500. The van der Waals surface area contributed by atoms with Crippen molar-refractivity contribution in [1.82, 2.24) is 24.8 Å². The van der Waals surface area contributed by atoms with Gasteiger partial charge in [0, 0.05) is 54.9 Å². The van der Waals surface area contributed by atoms with Crippen LogP contribution in [0.5, 0.6) is 0 Å².